The maximum absolute atomic E-state index is 11.5. The van der Waals surface area contributed by atoms with E-state index in [4.69, 9.17) is 11.6 Å². The second kappa shape index (κ2) is 4.03. The predicted octanol–water partition coefficient (Wildman–Crippen LogP) is 0.990. The summed E-state index contributed by atoms with van der Waals surface area (Å²) in [6, 6.07) is 1.56. The lowest BCUT2D eigenvalue weighted by Gasteiger charge is -2.14. The van der Waals surface area contributed by atoms with E-state index in [0.29, 0.717) is 10.3 Å². The quantitative estimate of drug-likeness (QED) is 0.838. The van der Waals surface area contributed by atoms with Gasteiger partial charge in [-0.2, -0.15) is 0 Å². The first-order chi connectivity index (χ1) is 7.08. The van der Waals surface area contributed by atoms with Crippen molar-refractivity contribution in [2.45, 2.75) is 12.5 Å². The monoisotopic (exact) mass is 291 g/mol. The number of carbonyl (C=O) groups is 1. The van der Waals surface area contributed by atoms with Gasteiger partial charge in [-0.3, -0.25) is 9.69 Å². The Morgan fingerprint density at radius 1 is 1.60 bits per heavy atom. The molecule has 1 atom stereocenters. The number of aromatic nitrogens is 2. The molecule has 0 radical (unpaired) electrons. The van der Waals surface area contributed by atoms with E-state index in [-0.39, 0.29) is 24.0 Å². The second-order valence-corrected chi connectivity index (χ2v) is 4.44. The summed E-state index contributed by atoms with van der Waals surface area (Å²) < 4.78 is 0.588. The van der Waals surface area contributed by atoms with Crippen LogP contribution in [0.1, 0.15) is 6.42 Å². The summed E-state index contributed by atoms with van der Waals surface area (Å²) in [5.41, 5.74) is 0. The van der Waals surface area contributed by atoms with Crippen LogP contribution in [0.4, 0.5) is 5.82 Å². The molecule has 1 fully saturated rings. The zero-order valence-corrected chi connectivity index (χ0v) is 9.86. The minimum atomic E-state index is -0.637. The van der Waals surface area contributed by atoms with Gasteiger partial charge in [0.1, 0.15) is 0 Å². The van der Waals surface area contributed by atoms with Crippen LogP contribution in [0.3, 0.4) is 0 Å². The Morgan fingerprint density at radius 3 is 2.87 bits per heavy atom. The third-order valence-electron chi connectivity index (χ3n) is 2.06. The molecule has 80 valence electrons. The molecule has 2 rings (SSSR count). The molecule has 0 aliphatic carbocycles. The van der Waals surface area contributed by atoms with Crippen molar-refractivity contribution in [3.63, 3.8) is 0 Å². The van der Waals surface area contributed by atoms with Gasteiger partial charge in [-0.25, -0.2) is 0 Å². The number of rotatable bonds is 1. The number of anilines is 1. The fraction of sp³-hybridized carbons (Fsp3) is 0.375. The zero-order valence-electron chi connectivity index (χ0n) is 7.52. The van der Waals surface area contributed by atoms with Gasteiger partial charge in [-0.1, -0.05) is 11.6 Å². The van der Waals surface area contributed by atoms with Gasteiger partial charge in [0.25, 0.3) is 0 Å². The van der Waals surface area contributed by atoms with E-state index in [1.807, 2.05) is 0 Å². The van der Waals surface area contributed by atoms with Crippen LogP contribution in [0, 0.1) is 0 Å². The molecule has 0 saturated carbocycles. The summed E-state index contributed by atoms with van der Waals surface area (Å²) in [6.45, 7) is 0.244. The van der Waals surface area contributed by atoms with E-state index in [0.717, 1.165) is 0 Å². The van der Waals surface area contributed by atoms with E-state index in [1.165, 1.54) is 4.90 Å². The van der Waals surface area contributed by atoms with Crippen LogP contribution in [-0.4, -0.2) is 33.9 Å². The molecule has 1 unspecified atom stereocenters. The molecule has 1 N–H and O–H groups in total. The molecule has 0 bridgehead atoms. The summed E-state index contributed by atoms with van der Waals surface area (Å²) >= 11 is 8.87. The standard InChI is InChI=1S/C8H7BrClN3O2/c9-5-2-6(10)11-12-8(5)13-3-4(14)1-7(13)15/h2,4,14H,1,3H2. The number of hydrogen-bond acceptors (Lipinski definition) is 4. The average Bonchev–Trinajstić information content (AvgIpc) is 2.45. The highest BCUT2D eigenvalue weighted by Crippen LogP contribution is 2.28. The third-order valence-corrected chi connectivity index (χ3v) is 2.83. The average molecular weight is 293 g/mol. The molecule has 7 heteroatoms. The van der Waals surface area contributed by atoms with Crippen molar-refractivity contribution in [2.24, 2.45) is 0 Å². The van der Waals surface area contributed by atoms with Crippen LogP contribution in [0.2, 0.25) is 5.15 Å². The Kier molecular flexibility index (Phi) is 2.90. The number of aliphatic hydroxyl groups is 1. The van der Waals surface area contributed by atoms with Crippen LogP contribution < -0.4 is 4.90 Å². The topological polar surface area (TPSA) is 66.3 Å². The molecule has 15 heavy (non-hydrogen) atoms. The highest BCUT2D eigenvalue weighted by atomic mass is 79.9. The minimum absolute atomic E-state index is 0.122. The molecule has 2 heterocycles. The van der Waals surface area contributed by atoms with Crippen molar-refractivity contribution in [1.82, 2.24) is 10.2 Å². The fourth-order valence-electron chi connectivity index (χ4n) is 1.42. The summed E-state index contributed by atoms with van der Waals surface area (Å²) in [6.07, 6.45) is -0.515. The molecule has 1 aromatic heterocycles. The number of aliphatic hydroxyl groups excluding tert-OH is 1. The Bertz CT molecular complexity index is 415. The van der Waals surface area contributed by atoms with Gasteiger partial charge in [-0.15, -0.1) is 10.2 Å². The van der Waals surface area contributed by atoms with E-state index in [2.05, 4.69) is 26.1 Å². The lowest BCUT2D eigenvalue weighted by molar-refractivity contribution is -0.117. The van der Waals surface area contributed by atoms with Crippen molar-refractivity contribution < 1.29 is 9.90 Å². The first kappa shape index (κ1) is 10.8. The third kappa shape index (κ3) is 2.11. The van der Waals surface area contributed by atoms with Crippen LogP contribution in [0.5, 0.6) is 0 Å². The molecule has 1 aliphatic rings. The Morgan fingerprint density at radius 2 is 2.33 bits per heavy atom. The van der Waals surface area contributed by atoms with Gasteiger partial charge < -0.3 is 5.11 Å². The number of hydrogen-bond donors (Lipinski definition) is 1. The van der Waals surface area contributed by atoms with Crippen molar-refractivity contribution in [2.75, 3.05) is 11.4 Å². The maximum Gasteiger partial charge on any atom is 0.230 e. The van der Waals surface area contributed by atoms with E-state index in [1.54, 1.807) is 6.07 Å². The smallest absolute Gasteiger partial charge is 0.230 e. The van der Waals surface area contributed by atoms with Gasteiger partial charge in [-0.05, 0) is 22.0 Å². The highest BCUT2D eigenvalue weighted by Gasteiger charge is 2.31. The summed E-state index contributed by atoms with van der Waals surface area (Å²) in [5.74, 6) is 0.223. The van der Waals surface area contributed by atoms with Gasteiger partial charge >= 0.3 is 0 Å². The number of amides is 1. The molecule has 1 aliphatic heterocycles. The lowest BCUT2D eigenvalue weighted by Crippen LogP contribution is -2.26. The molecule has 0 aromatic carbocycles. The largest absolute Gasteiger partial charge is 0.391 e. The first-order valence-corrected chi connectivity index (χ1v) is 5.42. The van der Waals surface area contributed by atoms with E-state index < -0.39 is 6.10 Å². The minimum Gasteiger partial charge on any atom is -0.391 e. The number of carbonyl (C=O) groups excluding carboxylic acids is 1. The Hall–Kier alpha value is -0.720. The number of nitrogens with zero attached hydrogens (tertiary/aromatic N) is 3. The van der Waals surface area contributed by atoms with Crippen molar-refractivity contribution in [1.29, 1.82) is 0 Å². The predicted molar refractivity (Wildman–Crippen MR) is 57.7 cm³/mol. The Balaban J connectivity index is 2.34. The zero-order chi connectivity index (χ0) is 11.0. The highest BCUT2D eigenvalue weighted by molar-refractivity contribution is 9.10. The molecule has 1 saturated heterocycles. The van der Waals surface area contributed by atoms with Crippen molar-refractivity contribution >= 4 is 39.3 Å². The van der Waals surface area contributed by atoms with E-state index in [9.17, 15) is 9.90 Å². The SMILES string of the molecule is O=C1CC(O)CN1c1nnc(Cl)cc1Br. The maximum atomic E-state index is 11.5. The van der Waals surface area contributed by atoms with E-state index >= 15 is 0 Å². The van der Waals surface area contributed by atoms with Gasteiger partial charge in [0.05, 0.1) is 23.5 Å². The molecule has 1 aromatic rings. The summed E-state index contributed by atoms with van der Waals surface area (Å²) in [4.78, 5) is 12.9. The summed E-state index contributed by atoms with van der Waals surface area (Å²) in [5, 5.41) is 17.0. The van der Waals surface area contributed by atoms with Crippen LogP contribution >= 0.6 is 27.5 Å². The van der Waals surface area contributed by atoms with Gasteiger partial charge in [0.2, 0.25) is 5.91 Å². The van der Waals surface area contributed by atoms with Crippen LogP contribution in [0.15, 0.2) is 10.5 Å². The van der Waals surface area contributed by atoms with Crippen LogP contribution in [-0.2, 0) is 4.79 Å². The molecule has 0 spiro atoms. The molecular formula is C8H7BrClN3O2. The lowest BCUT2D eigenvalue weighted by atomic mass is 10.3. The molecule has 5 nitrogen and oxygen atoms in total. The summed E-state index contributed by atoms with van der Waals surface area (Å²) in [7, 11) is 0. The molecular weight excluding hydrogens is 285 g/mol. The Labute approximate surface area is 99.2 Å². The van der Waals surface area contributed by atoms with Crippen LogP contribution in [0.25, 0.3) is 0 Å². The van der Waals surface area contributed by atoms with Gasteiger partial charge in [0, 0.05) is 0 Å². The van der Waals surface area contributed by atoms with Gasteiger partial charge in [0.15, 0.2) is 11.0 Å². The first-order valence-electron chi connectivity index (χ1n) is 4.25. The van der Waals surface area contributed by atoms with Crippen molar-refractivity contribution in [3.05, 3.63) is 15.7 Å². The number of halogens is 2. The molecule has 1 amide bonds. The fourth-order valence-corrected chi connectivity index (χ4v) is 2.21. The normalized spacial score (nSPS) is 21.1. The number of β-amino-alcohol motifs (C(OH)–C–C–N with tert-alkyl or cyclic N) is 1. The van der Waals surface area contributed by atoms with Crippen molar-refractivity contribution in [3.8, 4) is 0 Å². The second-order valence-electron chi connectivity index (χ2n) is 3.20.